The molecule has 4 nitrogen and oxygen atoms in total. The number of ether oxygens (including phenoxy) is 2. The van der Waals surface area contributed by atoms with Crippen LogP contribution in [0.2, 0.25) is 0 Å². The molecule has 0 unspecified atom stereocenters. The molecule has 1 aliphatic heterocycles. The minimum absolute atomic E-state index is 0.243. The van der Waals surface area contributed by atoms with Crippen LogP contribution in [-0.4, -0.2) is 44.9 Å². The third kappa shape index (κ3) is 4.50. The van der Waals surface area contributed by atoms with Crippen LogP contribution in [0.1, 0.15) is 17.2 Å². The molecular weight excluding hydrogens is 319 g/mol. The molecule has 1 fully saturated rings. The Bertz CT molecular complexity index is 660. The molecule has 0 amide bonds. The minimum atomic E-state index is -0.412. The predicted octanol–water partition coefficient (Wildman–Crippen LogP) is 3.19. The largest absolute Gasteiger partial charge is 0.493 e. The van der Waals surface area contributed by atoms with E-state index < -0.39 is 6.67 Å². The molecule has 5 heteroatoms. The highest BCUT2D eigenvalue weighted by Crippen LogP contribution is 2.33. The van der Waals surface area contributed by atoms with Gasteiger partial charge in [-0.3, -0.25) is 4.90 Å². The van der Waals surface area contributed by atoms with Crippen LogP contribution in [0.15, 0.2) is 48.5 Å². The van der Waals surface area contributed by atoms with Crippen molar-refractivity contribution in [3.8, 4) is 11.5 Å². The second-order valence-corrected chi connectivity index (χ2v) is 6.14. The standard InChI is InChI=1S/C20H25FN2O2/c1-24-19-8-7-17(18(14-21)23-11-9-22-10-12-23)13-20(19)25-15-16-5-3-2-4-6-16/h2-8,13,18,22H,9-12,14-15H2,1H3/t18-/m0/s1. The minimum Gasteiger partial charge on any atom is -0.493 e. The van der Waals surface area contributed by atoms with Gasteiger partial charge in [0.05, 0.1) is 13.2 Å². The van der Waals surface area contributed by atoms with Crippen molar-refractivity contribution in [2.45, 2.75) is 12.6 Å². The van der Waals surface area contributed by atoms with Gasteiger partial charge in [0.15, 0.2) is 11.5 Å². The highest BCUT2D eigenvalue weighted by atomic mass is 19.1. The quantitative estimate of drug-likeness (QED) is 0.836. The van der Waals surface area contributed by atoms with Crippen LogP contribution in [0, 0.1) is 0 Å². The monoisotopic (exact) mass is 344 g/mol. The van der Waals surface area contributed by atoms with Crippen molar-refractivity contribution in [3.05, 3.63) is 59.7 Å². The van der Waals surface area contributed by atoms with Crippen molar-refractivity contribution in [1.29, 1.82) is 0 Å². The Kier molecular flexibility index (Phi) is 6.25. The normalized spacial score (nSPS) is 16.4. The van der Waals surface area contributed by atoms with Crippen molar-refractivity contribution < 1.29 is 13.9 Å². The van der Waals surface area contributed by atoms with E-state index in [1.165, 1.54) is 0 Å². The fourth-order valence-electron chi connectivity index (χ4n) is 3.14. The van der Waals surface area contributed by atoms with Crippen LogP contribution in [0.3, 0.4) is 0 Å². The maximum Gasteiger partial charge on any atom is 0.161 e. The van der Waals surface area contributed by atoms with E-state index in [1.807, 2.05) is 48.5 Å². The Morgan fingerprint density at radius 3 is 2.52 bits per heavy atom. The van der Waals surface area contributed by atoms with Crippen LogP contribution in [0.4, 0.5) is 4.39 Å². The number of rotatable bonds is 7. The van der Waals surface area contributed by atoms with E-state index in [9.17, 15) is 4.39 Å². The Hall–Kier alpha value is -2.11. The summed E-state index contributed by atoms with van der Waals surface area (Å²) in [7, 11) is 1.62. The van der Waals surface area contributed by atoms with Gasteiger partial charge in [0.25, 0.3) is 0 Å². The van der Waals surface area contributed by atoms with E-state index in [0.29, 0.717) is 18.1 Å². The summed E-state index contributed by atoms with van der Waals surface area (Å²) in [6.45, 7) is 3.52. The molecule has 1 atom stereocenters. The number of nitrogens with zero attached hydrogens (tertiary/aromatic N) is 1. The number of nitrogens with one attached hydrogen (secondary N) is 1. The molecule has 3 rings (SSSR count). The van der Waals surface area contributed by atoms with Gasteiger partial charge < -0.3 is 14.8 Å². The van der Waals surface area contributed by atoms with E-state index in [4.69, 9.17) is 9.47 Å². The lowest BCUT2D eigenvalue weighted by Crippen LogP contribution is -2.45. The molecule has 0 radical (unpaired) electrons. The van der Waals surface area contributed by atoms with Crippen molar-refractivity contribution in [2.75, 3.05) is 40.0 Å². The van der Waals surface area contributed by atoms with E-state index in [1.54, 1.807) is 7.11 Å². The summed E-state index contributed by atoms with van der Waals surface area (Å²) in [6.07, 6.45) is 0. The first-order valence-corrected chi connectivity index (χ1v) is 8.67. The molecule has 1 N–H and O–H groups in total. The lowest BCUT2D eigenvalue weighted by molar-refractivity contribution is 0.147. The molecule has 0 aliphatic carbocycles. The summed E-state index contributed by atoms with van der Waals surface area (Å²) < 4.78 is 25.1. The van der Waals surface area contributed by atoms with Gasteiger partial charge in [-0.05, 0) is 23.3 Å². The van der Waals surface area contributed by atoms with Crippen molar-refractivity contribution in [2.24, 2.45) is 0 Å². The van der Waals surface area contributed by atoms with Crippen LogP contribution >= 0.6 is 0 Å². The number of piperazine rings is 1. The number of methoxy groups -OCH3 is 1. The van der Waals surface area contributed by atoms with Crippen LogP contribution in [-0.2, 0) is 6.61 Å². The maximum absolute atomic E-state index is 13.8. The fraction of sp³-hybridized carbons (Fsp3) is 0.400. The number of alkyl halides is 1. The highest BCUT2D eigenvalue weighted by molar-refractivity contribution is 5.44. The number of halogens is 1. The Labute approximate surface area is 148 Å². The average Bonchev–Trinajstić information content (AvgIpc) is 2.69. The zero-order chi connectivity index (χ0) is 17.5. The first-order chi connectivity index (χ1) is 12.3. The van der Waals surface area contributed by atoms with E-state index in [-0.39, 0.29) is 6.04 Å². The smallest absolute Gasteiger partial charge is 0.161 e. The zero-order valence-corrected chi connectivity index (χ0v) is 14.6. The molecule has 1 heterocycles. The SMILES string of the molecule is COc1ccc([C@H](CF)N2CCNCC2)cc1OCc1ccccc1. The van der Waals surface area contributed by atoms with Gasteiger partial charge in [-0.2, -0.15) is 0 Å². The highest BCUT2D eigenvalue weighted by Gasteiger charge is 2.23. The van der Waals surface area contributed by atoms with Gasteiger partial charge in [-0.25, -0.2) is 4.39 Å². The maximum atomic E-state index is 13.8. The van der Waals surface area contributed by atoms with Gasteiger partial charge in [-0.1, -0.05) is 36.4 Å². The van der Waals surface area contributed by atoms with Crippen LogP contribution in [0.25, 0.3) is 0 Å². The third-order valence-electron chi connectivity index (χ3n) is 4.55. The van der Waals surface area contributed by atoms with E-state index in [2.05, 4.69) is 10.2 Å². The fourth-order valence-corrected chi connectivity index (χ4v) is 3.14. The molecule has 0 spiro atoms. The topological polar surface area (TPSA) is 33.7 Å². The summed E-state index contributed by atoms with van der Waals surface area (Å²) in [6, 6.07) is 15.4. The van der Waals surface area contributed by atoms with Gasteiger partial charge in [0.2, 0.25) is 0 Å². The summed E-state index contributed by atoms with van der Waals surface area (Å²) in [5.41, 5.74) is 2.01. The average molecular weight is 344 g/mol. The molecular formula is C20H25FN2O2. The number of benzene rings is 2. The van der Waals surface area contributed by atoms with E-state index in [0.717, 1.165) is 37.3 Å². The summed E-state index contributed by atoms with van der Waals surface area (Å²) >= 11 is 0. The van der Waals surface area contributed by atoms with Gasteiger partial charge in [0.1, 0.15) is 13.3 Å². The first-order valence-electron chi connectivity index (χ1n) is 8.67. The Morgan fingerprint density at radius 2 is 1.84 bits per heavy atom. The van der Waals surface area contributed by atoms with Crippen molar-refractivity contribution in [3.63, 3.8) is 0 Å². The molecule has 134 valence electrons. The molecule has 2 aromatic rings. The van der Waals surface area contributed by atoms with E-state index >= 15 is 0 Å². The summed E-state index contributed by atoms with van der Waals surface area (Å²) in [5.74, 6) is 1.31. The second kappa shape index (κ2) is 8.83. The van der Waals surface area contributed by atoms with Gasteiger partial charge >= 0.3 is 0 Å². The van der Waals surface area contributed by atoms with Crippen LogP contribution < -0.4 is 14.8 Å². The Morgan fingerprint density at radius 1 is 1.08 bits per heavy atom. The van der Waals surface area contributed by atoms with Gasteiger partial charge in [0, 0.05) is 26.2 Å². The lowest BCUT2D eigenvalue weighted by Gasteiger charge is -2.33. The van der Waals surface area contributed by atoms with Crippen molar-refractivity contribution in [1.82, 2.24) is 10.2 Å². The Balaban J connectivity index is 1.78. The third-order valence-corrected chi connectivity index (χ3v) is 4.55. The van der Waals surface area contributed by atoms with Crippen LogP contribution in [0.5, 0.6) is 11.5 Å². The number of hydrogen-bond donors (Lipinski definition) is 1. The number of hydrogen-bond acceptors (Lipinski definition) is 4. The zero-order valence-electron chi connectivity index (χ0n) is 14.6. The molecule has 0 bridgehead atoms. The molecule has 2 aromatic carbocycles. The summed E-state index contributed by atoms with van der Waals surface area (Å²) in [4.78, 5) is 2.18. The van der Waals surface area contributed by atoms with Crippen molar-refractivity contribution >= 4 is 0 Å². The molecule has 0 saturated carbocycles. The molecule has 25 heavy (non-hydrogen) atoms. The summed E-state index contributed by atoms with van der Waals surface area (Å²) in [5, 5.41) is 3.30. The first kappa shape index (κ1) is 17.7. The molecule has 1 aliphatic rings. The second-order valence-electron chi connectivity index (χ2n) is 6.14. The molecule has 1 saturated heterocycles. The lowest BCUT2D eigenvalue weighted by atomic mass is 10.0. The molecule has 0 aromatic heterocycles. The van der Waals surface area contributed by atoms with Gasteiger partial charge in [-0.15, -0.1) is 0 Å². The predicted molar refractivity (Wildman–Crippen MR) is 96.9 cm³/mol.